The molecule has 5 nitrogen and oxygen atoms in total. The summed E-state index contributed by atoms with van der Waals surface area (Å²) in [6.45, 7) is 3.49. The molecule has 0 fully saturated rings. The molecule has 0 saturated heterocycles. The van der Waals surface area contributed by atoms with E-state index in [2.05, 4.69) is 21.5 Å². The molecule has 0 aliphatic rings. The zero-order valence-corrected chi connectivity index (χ0v) is 9.38. The SMILES string of the molecule is C=CC(=O)c1c[nH]c2ncnc(-c3ccoc3)c12. The number of aromatic nitrogens is 3. The van der Waals surface area contributed by atoms with Crippen LogP contribution in [0.5, 0.6) is 0 Å². The predicted octanol–water partition coefficient (Wildman–Crippen LogP) is 2.59. The van der Waals surface area contributed by atoms with Gasteiger partial charge in [-0.1, -0.05) is 6.58 Å². The van der Waals surface area contributed by atoms with E-state index in [1.165, 1.54) is 12.4 Å². The topological polar surface area (TPSA) is 71.8 Å². The molecule has 0 aliphatic carbocycles. The van der Waals surface area contributed by atoms with Crippen molar-refractivity contribution in [3.8, 4) is 11.3 Å². The summed E-state index contributed by atoms with van der Waals surface area (Å²) in [5, 5.41) is 0.684. The van der Waals surface area contributed by atoms with Crippen molar-refractivity contribution >= 4 is 16.8 Å². The van der Waals surface area contributed by atoms with E-state index < -0.39 is 0 Å². The highest BCUT2D eigenvalue weighted by molar-refractivity contribution is 6.15. The summed E-state index contributed by atoms with van der Waals surface area (Å²) in [6.07, 6.45) is 7.48. The van der Waals surface area contributed by atoms with Gasteiger partial charge in [0, 0.05) is 11.8 Å². The minimum atomic E-state index is -0.166. The van der Waals surface area contributed by atoms with E-state index in [4.69, 9.17) is 4.42 Å². The van der Waals surface area contributed by atoms with Crippen LogP contribution >= 0.6 is 0 Å². The van der Waals surface area contributed by atoms with Crippen LogP contribution in [0, 0.1) is 0 Å². The molecule has 0 bridgehead atoms. The molecule has 3 rings (SSSR count). The summed E-state index contributed by atoms with van der Waals surface area (Å²) in [5.74, 6) is -0.166. The Kier molecular flexibility index (Phi) is 2.30. The standard InChI is InChI=1S/C13H9N3O2/c1-2-10(17)9-5-14-13-11(9)12(15-7-16-13)8-3-4-18-6-8/h2-7H,1H2,(H,14,15,16). The molecule has 0 amide bonds. The highest BCUT2D eigenvalue weighted by Crippen LogP contribution is 2.28. The monoisotopic (exact) mass is 239 g/mol. The van der Waals surface area contributed by atoms with Crippen LogP contribution in [0.3, 0.4) is 0 Å². The number of fused-ring (bicyclic) bond motifs is 1. The average molecular weight is 239 g/mol. The molecule has 0 radical (unpaired) electrons. The van der Waals surface area contributed by atoms with Crippen molar-refractivity contribution in [2.45, 2.75) is 0 Å². The number of H-pyrrole nitrogens is 1. The zero-order valence-electron chi connectivity index (χ0n) is 9.38. The molecule has 3 aromatic heterocycles. The first-order chi connectivity index (χ1) is 8.81. The quantitative estimate of drug-likeness (QED) is 0.563. The van der Waals surface area contributed by atoms with E-state index in [0.717, 1.165) is 5.56 Å². The highest BCUT2D eigenvalue weighted by Gasteiger charge is 2.16. The van der Waals surface area contributed by atoms with Crippen molar-refractivity contribution < 1.29 is 9.21 Å². The van der Waals surface area contributed by atoms with Gasteiger partial charge in [-0.15, -0.1) is 0 Å². The Morgan fingerprint density at radius 2 is 2.33 bits per heavy atom. The molecule has 5 heteroatoms. The van der Waals surface area contributed by atoms with Crippen molar-refractivity contribution in [1.82, 2.24) is 15.0 Å². The molecule has 0 saturated carbocycles. The number of carbonyl (C=O) groups is 1. The average Bonchev–Trinajstić information content (AvgIpc) is 3.06. The number of allylic oxidation sites excluding steroid dienone is 1. The van der Waals surface area contributed by atoms with Crippen LogP contribution in [0.15, 0.2) is 48.2 Å². The second-order valence-corrected chi connectivity index (χ2v) is 3.73. The summed E-state index contributed by atoms with van der Waals surface area (Å²) in [7, 11) is 0. The third-order valence-corrected chi connectivity index (χ3v) is 2.72. The molecule has 3 heterocycles. The summed E-state index contributed by atoms with van der Waals surface area (Å²) < 4.78 is 5.05. The second-order valence-electron chi connectivity index (χ2n) is 3.73. The Morgan fingerprint density at radius 3 is 3.06 bits per heavy atom. The van der Waals surface area contributed by atoms with Gasteiger partial charge >= 0.3 is 0 Å². The van der Waals surface area contributed by atoms with Gasteiger partial charge in [0.05, 0.1) is 29.2 Å². The number of aromatic amines is 1. The normalized spacial score (nSPS) is 10.7. The van der Waals surface area contributed by atoms with Crippen LogP contribution in [0.25, 0.3) is 22.3 Å². The van der Waals surface area contributed by atoms with Crippen molar-refractivity contribution in [1.29, 1.82) is 0 Å². The first kappa shape index (κ1) is 10.5. The van der Waals surface area contributed by atoms with Gasteiger partial charge in [0.15, 0.2) is 5.78 Å². The Labute approximate surface area is 102 Å². The number of nitrogens with one attached hydrogen (secondary N) is 1. The lowest BCUT2D eigenvalue weighted by atomic mass is 10.1. The highest BCUT2D eigenvalue weighted by atomic mass is 16.3. The number of hydrogen-bond acceptors (Lipinski definition) is 4. The molecule has 0 unspecified atom stereocenters. The Balaban J connectivity index is 2.35. The maximum absolute atomic E-state index is 11.8. The summed E-state index contributed by atoms with van der Waals surface area (Å²) in [4.78, 5) is 23.1. The van der Waals surface area contributed by atoms with Crippen LogP contribution < -0.4 is 0 Å². The van der Waals surface area contributed by atoms with Gasteiger partial charge in [-0.3, -0.25) is 4.79 Å². The lowest BCUT2D eigenvalue weighted by Gasteiger charge is -2.00. The van der Waals surface area contributed by atoms with Crippen LogP contribution in [0.4, 0.5) is 0 Å². The fourth-order valence-electron chi connectivity index (χ4n) is 1.89. The number of ketones is 1. The van der Waals surface area contributed by atoms with Crippen LogP contribution in [0.2, 0.25) is 0 Å². The number of nitrogens with zero attached hydrogens (tertiary/aromatic N) is 2. The van der Waals surface area contributed by atoms with Crippen molar-refractivity contribution in [3.05, 3.63) is 49.3 Å². The molecule has 3 aromatic rings. The van der Waals surface area contributed by atoms with Gasteiger partial charge in [-0.25, -0.2) is 9.97 Å². The van der Waals surface area contributed by atoms with Gasteiger partial charge in [0.25, 0.3) is 0 Å². The third kappa shape index (κ3) is 1.45. The molecule has 0 aliphatic heterocycles. The smallest absolute Gasteiger partial charge is 0.187 e. The maximum Gasteiger partial charge on any atom is 0.187 e. The van der Waals surface area contributed by atoms with E-state index in [9.17, 15) is 4.79 Å². The lowest BCUT2D eigenvalue weighted by Crippen LogP contribution is -1.94. The Hall–Kier alpha value is -2.69. The number of hydrogen-bond donors (Lipinski definition) is 1. The van der Waals surface area contributed by atoms with Crippen LogP contribution in [-0.2, 0) is 0 Å². The molecule has 1 N–H and O–H groups in total. The van der Waals surface area contributed by atoms with Crippen LogP contribution in [-0.4, -0.2) is 20.7 Å². The molecule has 0 atom stereocenters. The zero-order chi connectivity index (χ0) is 12.5. The van der Waals surface area contributed by atoms with Gasteiger partial charge in [-0.2, -0.15) is 0 Å². The van der Waals surface area contributed by atoms with E-state index in [1.54, 1.807) is 24.8 Å². The van der Waals surface area contributed by atoms with E-state index >= 15 is 0 Å². The van der Waals surface area contributed by atoms with Gasteiger partial charge in [0.2, 0.25) is 0 Å². The van der Waals surface area contributed by atoms with E-state index in [0.29, 0.717) is 22.3 Å². The predicted molar refractivity (Wildman–Crippen MR) is 66.1 cm³/mol. The minimum Gasteiger partial charge on any atom is -0.472 e. The molecular weight excluding hydrogens is 230 g/mol. The molecule has 88 valence electrons. The lowest BCUT2D eigenvalue weighted by molar-refractivity contribution is 0.104. The summed E-state index contributed by atoms with van der Waals surface area (Å²) in [6, 6.07) is 1.79. The Bertz CT molecular complexity index is 726. The molecular formula is C13H9N3O2. The second kappa shape index (κ2) is 3.96. The van der Waals surface area contributed by atoms with Gasteiger partial charge in [0.1, 0.15) is 12.0 Å². The van der Waals surface area contributed by atoms with Crippen molar-refractivity contribution in [2.24, 2.45) is 0 Å². The van der Waals surface area contributed by atoms with Gasteiger partial charge in [-0.05, 0) is 12.1 Å². The Morgan fingerprint density at radius 1 is 1.44 bits per heavy atom. The molecule has 0 aromatic carbocycles. The number of furan rings is 1. The van der Waals surface area contributed by atoms with Crippen LogP contribution in [0.1, 0.15) is 10.4 Å². The van der Waals surface area contributed by atoms with E-state index in [1.807, 2.05) is 0 Å². The number of rotatable bonds is 3. The van der Waals surface area contributed by atoms with Crippen molar-refractivity contribution in [3.63, 3.8) is 0 Å². The van der Waals surface area contributed by atoms with Crippen molar-refractivity contribution in [2.75, 3.05) is 0 Å². The van der Waals surface area contributed by atoms with E-state index in [-0.39, 0.29) is 5.78 Å². The van der Waals surface area contributed by atoms with Gasteiger partial charge < -0.3 is 9.40 Å². The minimum absolute atomic E-state index is 0.166. The molecule has 0 spiro atoms. The first-order valence-corrected chi connectivity index (χ1v) is 5.32. The maximum atomic E-state index is 11.8. The fourth-order valence-corrected chi connectivity index (χ4v) is 1.89. The third-order valence-electron chi connectivity index (χ3n) is 2.72. The molecule has 18 heavy (non-hydrogen) atoms. The fraction of sp³-hybridized carbons (Fsp3) is 0. The summed E-state index contributed by atoms with van der Waals surface area (Å²) in [5.41, 5.74) is 2.60. The number of carbonyl (C=O) groups excluding carboxylic acids is 1. The first-order valence-electron chi connectivity index (χ1n) is 5.32. The largest absolute Gasteiger partial charge is 0.472 e. The summed E-state index contributed by atoms with van der Waals surface area (Å²) >= 11 is 0.